The maximum absolute atomic E-state index is 12.2. The van der Waals surface area contributed by atoms with Gasteiger partial charge in [0, 0.05) is 12.2 Å². The zero-order chi connectivity index (χ0) is 11.8. The molecule has 1 aromatic heterocycles. The number of fused-ring (bicyclic) bond motifs is 1. The quantitative estimate of drug-likeness (QED) is 0.800. The topological polar surface area (TPSA) is 61.9 Å². The van der Waals surface area contributed by atoms with E-state index in [0.29, 0.717) is 12.4 Å². The van der Waals surface area contributed by atoms with Crippen LogP contribution in [0, 0.1) is 6.92 Å². The number of benzene rings is 1. The lowest BCUT2D eigenvalue weighted by atomic mass is 10.2. The summed E-state index contributed by atoms with van der Waals surface area (Å²) in [7, 11) is 0. The van der Waals surface area contributed by atoms with Gasteiger partial charge in [-0.15, -0.1) is 5.10 Å². The van der Waals surface area contributed by atoms with Gasteiger partial charge in [0.1, 0.15) is 5.82 Å². The van der Waals surface area contributed by atoms with Crippen LogP contribution in [0.15, 0.2) is 24.3 Å². The highest BCUT2D eigenvalue weighted by Crippen LogP contribution is 2.28. The zero-order valence-corrected chi connectivity index (χ0v) is 9.47. The first-order chi connectivity index (χ1) is 8.25. The summed E-state index contributed by atoms with van der Waals surface area (Å²) in [4.78, 5) is 18.0. The zero-order valence-electron chi connectivity index (χ0n) is 9.47. The highest BCUT2D eigenvalue weighted by atomic mass is 16.2. The molecule has 1 aliphatic rings. The van der Waals surface area contributed by atoms with Crippen molar-refractivity contribution in [2.45, 2.75) is 13.3 Å². The van der Waals surface area contributed by atoms with E-state index in [0.717, 1.165) is 12.1 Å². The standard InChI is InChI=1S/C12H12N4O/c1-8-13-11(15-14-8)12(17)16-7-6-9-4-2-3-5-10(9)16/h2-5H,6-7H2,1H3,(H,13,14,15). The minimum absolute atomic E-state index is 0.140. The summed E-state index contributed by atoms with van der Waals surface area (Å²) in [6, 6.07) is 7.93. The normalized spacial score (nSPS) is 13.8. The van der Waals surface area contributed by atoms with Crippen LogP contribution in [0.5, 0.6) is 0 Å². The van der Waals surface area contributed by atoms with Gasteiger partial charge >= 0.3 is 0 Å². The molecular formula is C12H12N4O. The van der Waals surface area contributed by atoms with E-state index in [1.54, 1.807) is 11.8 Å². The van der Waals surface area contributed by atoms with E-state index in [1.165, 1.54) is 5.56 Å². The highest BCUT2D eigenvalue weighted by Gasteiger charge is 2.27. The number of carbonyl (C=O) groups is 1. The number of hydrogen-bond donors (Lipinski definition) is 1. The van der Waals surface area contributed by atoms with E-state index < -0.39 is 0 Å². The predicted molar refractivity (Wildman–Crippen MR) is 62.9 cm³/mol. The average molecular weight is 228 g/mol. The third kappa shape index (κ3) is 1.60. The lowest BCUT2D eigenvalue weighted by Crippen LogP contribution is -2.29. The Hall–Kier alpha value is -2.17. The second-order valence-electron chi connectivity index (χ2n) is 4.08. The smallest absolute Gasteiger partial charge is 0.297 e. The van der Waals surface area contributed by atoms with Crippen LogP contribution in [-0.4, -0.2) is 27.6 Å². The molecule has 0 spiro atoms. The van der Waals surface area contributed by atoms with Gasteiger partial charge in [-0.2, -0.15) is 0 Å². The lowest BCUT2D eigenvalue weighted by Gasteiger charge is -2.14. The second-order valence-corrected chi connectivity index (χ2v) is 4.08. The minimum atomic E-state index is -0.140. The van der Waals surface area contributed by atoms with Gasteiger partial charge in [-0.1, -0.05) is 18.2 Å². The van der Waals surface area contributed by atoms with Gasteiger partial charge in [-0.3, -0.25) is 9.89 Å². The van der Waals surface area contributed by atoms with Gasteiger partial charge in [0.25, 0.3) is 5.91 Å². The van der Waals surface area contributed by atoms with Crippen LogP contribution in [-0.2, 0) is 6.42 Å². The molecule has 2 heterocycles. The first-order valence-corrected chi connectivity index (χ1v) is 5.54. The Bertz CT molecular complexity index is 575. The molecule has 0 unspecified atom stereocenters. The van der Waals surface area contributed by atoms with Gasteiger partial charge in [0.2, 0.25) is 5.82 Å². The number of nitrogens with zero attached hydrogens (tertiary/aromatic N) is 3. The molecule has 0 saturated heterocycles. The van der Waals surface area contributed by atoms with Crippen molar-refractivity contribution in [2.75, 3.05) is 11.4 Å². The molecule has 1 N–H and O–H groups in total. The summed E-state index contributed by atoms with van der Waals surface area (Å²) in [5.74, 6) is 0.749. The molecule has 5 heteroatoms. The lowest BCUT2D eigenvalue weighted by molar-refractivity contribution is 0.0980. The first kappa shape index (κ1) is 10.0. The van der Waals surface area contributed by atoms with E-state index in [9.17, 15) is 4.79 Å². The van der Waals surface area contributed by atoms with E-state index >= 15 is 0 Å². The third-order valence-corrected chi connectivity index (χ3v) is 2.92. The number of H-pyrrole nitrogens is 1. The molecule has 1 amide bonds. The average Bonchev–Trinajstić information content (AvgIpc) is 2.94. The number of rotatable bonds is 1. The Morgan fingerprint density at radius 3 is 3.00 bits per heavy atom. The Kier molecular flexibility index (Phi) is 2.18. The fourth-order valence-corrected chi connectivity index (χ4v) is 2.11. The van der Waals surface area contributed by atoms with Gasteiger partial charge in [-0.25, -0.2) is 4.98 Å². The highest BCUT2D eigenvalue weighted by molar-refractivity contribution is 6.04. The molecule has 1 aromatic carbocycles. The molecular weight excluding hydrogens is 216 g/mol. The van der Waals surface area contributed by atoms with Crippen LogP contribution in [0.25, 0.3) is 0 Å². The number of anilines is 1. The van der Waals surface area contributed by atoms with E-state index in [-0.39, 0.29) is 11.7 Å². The van der Waals surface area contributed by atoms with Crippen molar-refractivity contribution < 1.29 is 4.79 Å². The Morgan fingerprint density at radius 2 is 2.24 bits per heavy atom. The first-order valence-electron chi connectivity index (χ1n) is 5.54. The number of aryl methyl sites for hydroxylation is 1. The molecule has 0 atom stereocenters. The minimum Gasteiger partial charge on any atom is -0.305 e. The molecule has 3 rings (SSSR count). The molecule has 86 valence electrons. The van der Waals surface area contributed by atoms with Crippen molar-refractivity contribution in [3.8, 4) is 0 Å². The monoisotopic (exact) mass is 228 g/mol. The molecule has 0 saturated carbocycles. The molecule has 0 fully saturated rings. The summed E-state index contributed by atoms with van der Waals surface area (Å²) in [5.41, 5.74) is 2.17. The molecule has 0 aliphatic carbocycles. The summed E-state index contributed by atoms with van der Waals surface area (Å²) < 4.78 is 0. The van der Waals surface area contributed by atoms with Crippen molar-refractivity contribution in [2.24, 2.45) is 0 Å². The van der Waals surface area contributed by atoms with Gasteiger partial charge in [0.05, 0.1) is 0 Å². The van der Waals surface area contributed by atoms with Crippen LogP contribution in [0.4, 0.5) is 5.69 Å². The van der Waals surface area contributed by atoms with E-state index in [4.69, 9.17) is 0 Å². The molecule has 17 heavy (non-hydrogen) atoms. The number of nitrogens with one attached hydrogen (secondary N) is 1. The molecule has 1 aliphatic heterocycles. The van der Waals surface area contributed by atoms with Gasteiger partial charge in [-0.05, 0) is 25.0 Å². The number of aromatic amines is 1. The predicted octanol–water partition coefficient (Wildman–Crippen LogP) is 1.32. The van der Waals surface area contributed by atoms with Crippen molar-refractivity contribution in [1.82, 2.24) is 15.2 Å². The molecule has 0 bridgehead atoms. The SMILES string of the molecule is Cc1nc(C(=O)N2CCc3ccccc32)n[nH]1. The third-order valence-electron chi connectivity index (χ3n) is 2.92. The summed E-state index contributed by atoms with van der Waals surface area (Å²) in [6.07, 6.45) is 0.894. The number of amides is 1. The van der Waals surface area contributed by atoms with Crippen molar-refractivity contribution in [3.63, 3.8) is 0 Å². The Balaban J connectivity index is 1.95. The van der Waals surface area contributed by atoms with Crippen molar-refractivity contribution in [3.05, 3.63) is 41.5 Å². The molecule has 0 radical (unpaired) electrons. The molecule has 2 aromatic rings. The van der Waals surface area contributed by atoms with E-state index in [2.05, 4.69) is 15.2 Å². The maximum Gasteiger partial charge on any atom is 0.297 e. The van der Waals surface area contributed by atoms with Crippen molar-refractivity contribution in [1.29, 1.82) is 0 Å². The van der Waals surface area contributed by atoms with Crippen LogP contribution in [0.1, 0.15) is 22.0 Å². The molecule has 5 nitrogen and oxygen atoms in total. The number of carbonyl (C=O) groups excluding carboxylic acids is 1. The van der Waals surface area contributed by atoms with Crippen LogP contribution >= 0.6 is 0 Å². The Morgan fingerprint density at radius 1 is 1.41 bits per heavy atom. The fourth-order valence-electron chi connectivity index (χ4n) is 2.11. The second kappa shape index (κ2) is 3.69. The van der Waals surface area contributed by atoms with Crippen molar-refractivity contribution >= 4 is 11.6 Å². The van der Waals surface area contributed by atoms with Gasteiger partial charge < -0.3 is 4.90 Å². The summed E-state index contributed by atoms with van der Waals surface area (Å²) in [5, 5.41) is 6.59. The summed E-state index contributed by atoms with van der Waals surface area (Å²) >= 11 is 0. The maximum atomic E-state index is 12.2. The van der Waals surface area contributed by atoms with E-state index in [1.807, 2.05) is 24.3 Å². The van der Waals surface area contributed by atoms with Crippen LogP contribution < -0.4 is 4.90 Å². The number of para-hydroxylation sites is 1. The van der Waals surface area contributed by atoms with Crippen LogP contribution in [0.2, 0.25) is 0 Å². The number of aromatic nitrogens is 3. The Labute approximate surface area is 98.5 Å². The summed E-state index contributed by atoms with van der Waals surface area (Å²) in [6.45, 7) is 2.48. The van der Waals surface area contributed by atoms with Gasteiger partial charge in [0.15, 0.2) is 0 Å². The van der Waals surface area contributed by atoms with Crippen LogP contribution in [0.3, 0.4) is 0 Å². The largest absolute Gasteiger partial charge is 0.305 e. The fraction of sp³-hybridized carbons (Fsp3) is 0.250. The number of hydrogen-bond acceptors (Lipinski definition) is 3.